The zero-order valence-corrected chi connectivity index (χ0v) is 8.61. The second kappa shape index (κ2) is 2.92. The van der Waals surface area contributed by atoms with Crippen molar-refractivity contribution >= 4 is 0 Å². The van der Waals surface area contributed by atoms with Crippen molar-refractivity contribution in [3.05, 3.63) is 0 Å². The van der Waals surface area contributed by atoms with Crippen LogP contribution in [0.5, 0.6) is 0 Å². The highest BCUT2D eigenvalue weighted by Crippen LogP contribution is 2.69. The summed E-state index contributed by atoms with van der Waals surface area (Å²) in [6.45, 7) is 3.30. The highest BCUT2D eigenvalue weighted by Gasteiger charge is 2.68. The van der Waals surface area contributed by atoms with E-state index in [2.05, 4.69) is 10.6 Å². The molecule has 4 fully saturated rings. The molecule has 1 aliphatic heterocycles. The van der Waals surface area contributed by atoms with Gasteiger partial charge in [-0.1, -0.05) is 0 Å². The number of alkyl halides is 1. The van der Waals surface area contributed by atoms with Gasteiger partial charge in [-0.2, -0.15) is 0 Å². The normalized spacial score (nSPS) is 50.8. The second-order valence-electron chi connectivity index (χ2n) is 5.61. The molecule has 0 amide bonds. The van der Waals surface area contributed by atoms with E-state index in [1.165, 1.54) is 12.8 Å². The van der Waals surface area contributed by atoms with E-state index in [-0.39, 0.29) is 0 Å². The van der Waals surface area contributed by atoms with Gasteiger partial charge in [0.2, 0.25) is 0 Å². The zero-order valence-electron chi connectivity index (χ0n) is 8.61. The maximum Gasteiger partial charge on any atom is 0.112 e. The fourth-order valence-electron chi connectivity index (χ4n) is 3.44. The minimum absolute atomic E-state index is 0.367. The fraction of sp³-hybridized carbons (Fsp3) is 1.00. The number of rotatable bonds is 3. The van der Waals surface area contributed by atoms with Gasteiger partial charge in [-0.25, -0.2) is 4.39 Å². The van der Waals surface area contributed by atoms with E-state index in [0.717, 1.165) is 38.9 Å². The van der Waals surface area contributed by atoms with Crippen molar-refractivity contribution in [1.29, 1.82) is 0 Å². The van der Waals surface area contributed by atoms with Crippen LogP contribution in [0, 0.1) is 5.41 Å². The smallest absolute Gasteiger partial charge is 0.112 e. The Morgan fingerprint density at radius 1 is 1.36 bits per heavy atom. The van der Waals surface area contributed by atoms with Crippen LogP contribution in [0.2, 0.25) is 0 Å². The third-order valence-corrected chi connectivity index (χ3v) is 4.14. The van der Waals surface area contributed by atoms with E-state index in [0.29, 0.717) is 11.5 Å². The van der Waals surface area contributed by atoms with Gasteiger partial charge in [-0.05, 0) is 44.1 Å². The first-order chi connectivity index (χ1) is 6.70. The highest BCUT2D eigenvalue weighted by molar-refractivity contribution is 5.19. The molecule has 0 aromatic rings. The van der Waals surface area contributed by atoms with Crippen LogP contribution in [-0.2, 0) is 0 Å². The first-order valence-corrected chi connectivity index (χ1v) is 5.83. The minimum Gasteiger partial charge on any atom is -0.315 e. The van der Waals surface area contributed by atoms with Gasteiger partial charge in [0, 0.05) is 19.1 Å². The van der Waals surface area contributed by atoms with E-state index in [1.54, 1.807) is 0 Å². The number of hydrogen-bond donors (Lipinski definition) is 2. The van der Waals surface area contributed by atoms with Gasteiger partial charge in [0.05, 0.1) is 0 Å². The zero-order chi connectivity index (χ0) is 9.65. The third-order valence-electron chi connectivity index (χ3n) is 4.14. The maximum atomic E-state index is 13.2. The Labute approximate surface area is 84.6 Å². The van der Waals surface area contributed by atoms with Crippen LogP contribution in [-0.4, -0.2) is 31.3 Å². The van der Waals surface area contributed by atoms with Gasteiger partial charge >= 0.3 is 0 Å². The number of piperidine rings is 1. The van der Waals surface area contributed by atoms with Gasteiger partial charge in [0.25, 0.3) is 0 Å². The standard InChI is InChI=1S/C11H19FN2/c12-11-5-10(6-11,7-11)8-14-9-2-1-3-13-4-9/h9,13-14H,1-8H2. The first kappa shape index (κ1) is 9.10. The molecular weight excluding hydrogens is 179 g/mol. The van der Waals surface area contributed by atoms with E-state index in [4.69, 9.17) is 0 Å². The van der Waals surface area contributed by atoms with Crippen LogP contribution < -0.4 is 10.6 Å². The highest BCUT2D eigenvalue weighted by atomic mass is 19.1. The summed E-state index contributed by atoms with van der Waals surface area (Å²) in [5.41, 5.74) is -0.362. The molecule has 0 aromatic carbocycles. The third kappa shape index (κ3) is 1.38. The molecule has 1 saturated heterocycles. The largest absolute Gasteiger partial charge is 0.315 e. The topological polar surface area (TPSA) is 24.1 Å². The van der Waals surface area contributed by atoms with Crippen molar-refractivity contribution in [1.82, 2.24) is 10.6 Å². The lowest BCUT2D eigenvalue weighted by atomic mass is 9.42. The van der Waals surface area contributed by atoms with Crippen LogP contribution in [0.4, 0.5) is 4.39 Å². The molecule has 0 spiro atoms. The van der Waals surface area contributed by atoms with Crippen LogP contribution in [0.1, 0.15) is 32.1 Å². The van der Waals surface area contributed by atoms with Crippen LogP contribution >= 0.6 is 0 Å². The number of halogens is 1. The summed E-state index contributed by atoms with van der Waals surface area (Å²) < 4.78 is 13.2. The molecule has 2 bridgehead atoms. The summed E-state index contributed by atoms with van der Waals surface area (Å²) >= 11 is 0. The van der Waals surface area contributed by atoms with E-state index < -0.39 is 5.67 Å². The van der Waals surface area contributed by atoms with Gasteiger partial charge in [-0.15, -0.1) is 0 Å². The predicted octanol–water partition coefficient (Wildman–Crippen LogP) is 1.22. The summed E-state index contributed by atoms with van der Waals surface area (Å²) in [4.78, 5) is 0. The molecule has 80 valence electrons. The van der Waals surface area contributed by atoms with Gasteiger partial charge < -0.3 is 10.6 Å². The maximum absolute atomic E-state index is 13.2. The molecule has 4 aliphatic rings. The molecule has 0 radical (unpaired) electrons. The quantitative estimate of drug-likeness (QED) is 0.712. The second-order valence-corrected chi connectivity index (χ2v) is 5.61. The summed E-state index contributed by atoms with van der Waals surface area (Å²) in [7, 11) is 0. The molecule has 4 rings (SSSR count). The number of nitrogens with one attached hydrogen (secondary N) is 2. The molecule has 1 unspecified atom stereocenters. The Hall–Kier alpha value is -0.150. The van der Waals surface area contributed by atoms with Crippen molar-refractivity contribution in [2.45, 2.75) is 43.8 Å². The van der Waals surface area contributed by atoms with Gasteiger partial charge in [0.15, 0.2) is 0 Å². The Balaban J connectivity index is 1.42. The fourth-order valence-corrected chi connectivity index (χ4v) is 3.44. The lowest BCUT2D eigenvalue weighted by Crippen LogP contribution is -2.68. The SMILES string of the molecule is FC12CC(CNC3CCCNC3)(C1)C2. The Morgan fingerprint density at radius 3 is 2.71 bits per heavy atom. The summed E-state index contributed by atoms with van der Waals surface area (Å²) in [6, 6.07) is 0.633. The van der Waals surface area contributed by atoms with Crippen LogP contribution in [0.25, 0.3) is 0 Å². The molecule has 1 atom stereocenters. The molecule has 3 aliphatic carbocycles. The van der Waals surface area contributed by atoms with E-state index in [1.807, 2.05) is 0 Å². The van der Waals surface area contributed by atoms with Crippen molar-refractivity contribution in [3.8, 4) is 0 Å². The lowest BCUT2D eigenvalue weighted by molar-refractivity contribution is -0.210. The van der Waals surface area contributed by atoms with Crippen molar-refractivity contribution in [2.24, 2.45) is 5.41 Å². The van der Waals surface area contributed by atoms with E-state index in [9.17, 15) is 4.39 Å². The Bertz CT molecular complexity index is 216. The predicted molar refractivity (Wildman–Crippen MR) is 54.0 cm³/mol. The van der Waals surface area contributed by atoms with Crippen molar-refractivity contribution in [2.75, 3.05) is 19.6 Å². The van der Waals surface area contributed by atoms with Gasteiger partial charge in [-0.3, -0.25) is 0 Å². The molecule has 14 heavy (non-hydrogen) atoms. The van der Waals surface area contributed by atoms with Crippen molar-refractivity contribution in [3.63, 3.8) is 0 Å². The average molecular weight is 198 g/mol. The lowest BCUT2D eigenvalue weighted by Gasteiger charge is -2.66. The van der Waals surface area contributed by atoms with Crippen LogP contribution in [0.3, 0.4) is 0 Å². The first-order valence-electron chi connectivity index (χ1n) is 5.83. The van der Waals surface area contributed by atoms with Crippen LogP contribution in [0.15, 0.2) is 0 Å². The van der Waals surface area contributed by atoms with Crippen molar-refractivity contribution < 1.29 is 4.39 Å². The monoisotopic (exact) mass is 198 g/mol. The minimum atomic E-state index is -0.730. The molecule has 1 heterocycles. The molecule has 3 saturated carbocycles. The summed E-state index contributed by atoms with van der Waals surface area (Å²) in [5, 5.41) is 6.98. The molecular formula is C11H19FN2. The van der Waals surface area contributed by atoms with Gasteiger partial charge in [0.1, 0.15) is 5.67 Å². The molecule has 2 nitrogen and oxygen atoms in total. The summed E-state index contributed by atoms with van der Waals surface area (Å²) in [5.74, 6) is 0. The Kier molecular flexibility index (Phi) is 1.90. The summed E-state index contributed by atoms with van der Waals surface area (Å²) in [6.07, 6.45) is 5.04. The molecule has 0 aromatic heterocycles. The molecule has 3 heteroatoms. The Morgan fingerprint density at radius 2 is 2.14 bits per heavy atom. The number of hydrogen-bond acceptors (Lipinski definition) is 2. The van der Waals surface area contributed by atoms with E-state index >= 15 is 0 Å². The average Bonchev–Trinajstić information content (AvgIpc) is 2.11. The molecule has 2 N–H and O–H groups in total.